The Morgan fingerprint density at radius 3 is 2.71 bits per heavy atom. The molecule has 1 unspecified atom stereocenters. The second-order valence-corrected chi connectivity index (χ2v) is 6.59. The van der Waals surface area contributed by atoms with Gasteiger partial charge in [-0.25, -0.2) is 0 Å². The van der Waals surface area contributed by atoms with Gasteiger partial charge >= 0.3 is 0 Å². The molecule has 90 valence electrons. The van der Waals surface area contributed by atoms with E-state index in [1.54, 1.807) is 0 Å². The van der Waals surface area contributed by atoms with Crippen LogP contribution < -0.4 is 0 Å². The van der Waals surface area contributed by atoms with Gasteiger partial charge in [-0.1, -0.05) is 39.7 Å². The maximum Gasteiger partial charge on any atom is 0.0931 e. The molecule has 0 aliphatic heterocycles. The van der Waals surface area contributed by atoms with Crippen molar-refractivity contribution < 1.29 is 5.11 Å². The van der Waals surface area contributed by atoms with Gasteiger partial charge in [-0.2, -0.15) is 0 Å². The van der Waals surface area contributed by atoms with Crippen molar-refractivity contribution in [2.75, 3.05) is 0 Å². The molecule has 0 fully saturated rings. The van der Waals surface area contributed by atoms with Crippen molar-refractivity contribution in [3.8, 4) is 0 Å². The summed E-state index contributed by atoms with van der Waals surface area (Å²) in [6, 6.07) is 9.75. The van der Waals surface area contributed by atoms with E-state index in [1.165, 1.54) is 16.9 Å². The van der Waals surface area contributed by atoms with E-state index in [0.717, 1.165) is 19.2 Å². The molecule has 1 aromatic heterocycles. The zero-order valence-corrected chi connectivity index (χ0v) is 12.4. The molecule has 0 amide bonds. The lowest BCUT2D eigenvalue weighted by molar-refractivity contribution is 0.179. The summed E-state index contributed by atoms with van der Waals surface area (Å²) in [5, 5.41) is 10.1. The molecule has 1 heterocycles. The fourth-order valence-corrected chi connectivity index (χ4v) is 3.11. The van der Waals surface area contributed by atoms with E-state index in [0.29, 0.717) is 6.42 Å². The van der Waals surface area contributed by atoms with E-state index in [4.69, 9.17) is 11.6 Å². The lowest BCUT2D eigenvalue weighted by Gasteiger charge is -2.11. The van der Waals surface area contributed by atoms with E-state index in [1.807, 2.05) is 37.3 Å². The number of aliphatic hydroxyl groups excluding tert-OH is 1. The molecule has 2 aromatic rings. The van der Waals surface area contributed by atoms with E-state index in [2.05, 4.69) is 15.9 Å². The van der Waals surface area contributed by atoms with Crippen LogP contribution in [0.2, 0.25) is 4.34 Å². The Balaban J connectivity index is 2.14. The number of benzene rings is 1. The average molecular weight is 332 g/mol. The Kier molecular flexibility index (Phi) is 4.26. The van der Waals surface area contributed by atoms with E-state index in [9.17, 15) is 5.11 Å². The van der Waals surface area contributed by atoms with Crippen LogP contribution in [-0.4, -0.2) is 5.11 Å². The highest BCUT2D eigenvalue weighted by atomic mass is 79.9. The van der Waals surface area contributed by atoms with Crippen LogP contribution in [0.4, 0.5) is 0 Å². The van der Waals surface area contributed by atoms with Crippen LogP contribution in [0.25, 0.3) is 0 Å². The topological polar surface area (TPSA) is 20.2 Å². The summed E-state index contributed by atoms with van der Waals surface area (Å²) in [7, 11) is 0. The number of halogens is 2. The maximum absolute atomic E-state index is 10.1. The van der Waals surface area contributed by atoms with Gasteiger partial charge in [-0.05, 0) is 36.2 Å². The molecule has 0 saturated heterocycles. The van der Waals surface area contributed by atoms with Crippen LogP contribution in [0.5, 0.6) is 0 Å². The van der Waals surface area contributed by atoms with Gasteiger partial charge < -0.3 is 5.11 Å². The Hall–Kier alpha value is -0.350. The predicted molar refractivity (Wildman–Crippen MR) is 76.9 cm³/mol. The van der Waals surface area contributed by atoms with Crippen LogP contribution in [0.15, 0.2) is 34.8 Å². The van der Waals surface area contributed by atoms with Crippen molar-refractivity contribution in [3.05, 3.63) is 55.1 Å². The summed E-state index contributed by atoms with van der Waals surface area (Å²) in [6.07, 6.45) is 0.119. The van der Waals surface area contributed by atoms with Crippen molar-refractivity contribution in [1.82, 2.24) is 0 Å². The first kappa shape index (κ1) is 13.1. The van der Waals surface area contributed by atoms with E-state index < -0.39 is 6.10 Å². The first-order chi connectivity index (χ1) is 8.06. The van der Waals surface area contributed by atoms with Crippen molar-refractivity contribution >= 4 is 38.9 Å². The molecule has 17 heavy (non-hydrogen) atoms. The molecule has 2 rings (SSSR count). The smallest absolute Gasteiger partial charge is 0.0931 e. The molecule has 1 nitrogen and oxygen atoms in total. The molecule has 0 aliphatic rings. The average Bonchev–Trinajstić information content (AvgIpc) is 2.68. The Bertz CT molecular complexity index is 524. The van der Waals surface area contributed by atoms with Crippen LogP contribution in [0.1, 0.15) is 22.1 Å². The van der Waals surface area contributed by atoms with Crippen LogP contribution in [0, 0.1) is 6.92 Å². The van der Waals surface area contributed by atoms with Crippen molar-refractivity contribution in [3.63, 3.8) is 0 Å². The highest BCUT2D eigenvalue weighted by molar-refractivity contribution is 9.10. The second kappa shape index (κ2) is 5.53. The fourth-order valence-electron chi connectivity index (χ4n) is 1.59. The van der Waals surface area contributed by atoms with Crippen molar-refractivity contribution in [2.45, 2.75) is 19.4 Å². The quantitative estimate of drug-likeness (QED) is 0.860. The van der Waals surface area contributed by atoms with Gasteiger partial charge in [-0.3, -0.25) is 0 Å². The third-order valence-electron chi connectivity index (χ3n) is 2.60. The highest BCUT2D eigenvalue weighted by Crippen LogP contribution is 2.28. The maximum atomic E-state index is 10.1. The van der Waals surface area contributed by atoms with Gasteiger partial charge in [0.25, 0.3) is 0 Å². The number of rotatable bonds is 3. The summed E-state index contributed by atoms with van der Waals surface area (Å²) >= 11 is 10.9. The van der Waals surface area contributed by atoms with Gasteiger partial charge in [0.15, 0.2) is 0 Å². The van der Waals surface area contributed by atoms with Gasteiger partial charge in [0.05, 0.1) is 10.4 Å². The molecule has 0 aliphatic carbocycles. The lowest BCUT2D eigenvalue weighted by atomic mass is 10.0. The molecule has 0 saturated carbocycles. The van der Waals surface area contributed by atoms with Crippen LogP contribution in [-0.2, 0) is 6.42 Å². The van der Waals surface area contributed by atoms with Crippen LogP contribution in [0.3, 0.4) is 0 Å². The SMILES string of the molecule is Cc1ccc(C(O)Cc2ccc(Cl)s2)cc1Br. The molecule has 0 bridgehead atoms. The third-order valence-corrected chi connectivity index (χ3v) is 4.71. The molecular formula is C13H12BrClOS. The van der Waals surface area contributed by atoms with Crippen molar-refractivity contribution in [2.24, 2.45) is 0 Å². The normalized spacial score (nSPS) is 12.7. The molecule has 4 heteroatoms. The van der Waals surface area contributed by atoms with Gasteiger partial charge in [0, 0.05) is 15.8 Å². The molecule has 0 spiro atoms. The largest absolute Gasteiger partial charge is 0.388 e. The standard InChI is InChI=1S/C13H12BrClOS/c1-8-2-3-9(6-11(8)14)12(16)7-10-4-5-13(15)17-10/h2-6,12,16H,7H2,1H3. The Morgan fingerprint density at radius 1 is 1.35 bits per heavy atom. The summed E-state index contributed by atoms with van der Waals surface area (Å²) in [5.41, 5.74) is 2.09. The fraction of sp³-hybridized carbons (Fsp3) is 0.231. The van der Waals surface area contributed by atoms with Crippen molar-refractivity contribution in [1.29, 1.82) is 0 Å². The summed E-state index contributed by atoms with van der Waals surface area (Å²) in [6.45, 7) is 2.03. The third kappa shape index (κ3) is 3.32. The number of aryl methyl sites for hydroxylation is 1. The zero-order valence-electron chi connectivity index (χ0n) is 9.28. The predicted octanol–water partition coefficient (Wildman–Crippen LogP) is 4.75. The number of aliphatic hydroxyl groups is 1. The Labute approximate surface area is 118 Å². The van der Waals surface area contributed by atoms with Gasteiger partial charge in [-0.15, -0.1) is 11.3 Å². The highest BCUT2D eigenvalue weighted by Gasteiger charge is 2.11. The first-order valence-corrected chi connectivity index (χ1v) is 7.23. The van der Waals surface area contributed by atoms with Gasteiger partial charge in [0.2, 0.25) is 0 Å². The molecule has 1 aromatic carbocycles. The second-order valence-electron chi connectivity index (χ2n) is 3.93. The van der Waals surface area contributed by atoms with Crippen LogP contribution >= 0.6 is 38.9 Å². The minimum atomic E-state index is -0.485. The molecule has 0 radical (unpaired) electrons. The zero-order chi connectivity index (χ0) is 12.4. The number of hydrogen-bond acceptors (Lipinski definition) is 2. The van der Waals surface area contributed by atoms with Gasteiger partial charge in [0.1, 0.15) is 0 Å². The first-order valence-electron chi connectivity index (χ1n) is 5.24. The molecule has 1 N–H and O–H groups in total. The Morgan fingerprint density at radius 2 is 2.12 bits per heavy atom. The van der Waals surface area contributed by atoms with E-state index >= 15 is 0 Å². The summed E-state index contributed by atoms with van der Waals surface area (Å²) in [5.74, 6) is 0. The monoisotopic (exact) mass is 330 g/mol. The lowest BCUT2D eigenvalue weighted by Crippen LogP contribution is -2.00. The molecule has 1 atom stereocenters. The summed E-state index contributed by atoms with van der Waals surface area (Å²) < 4.78 is 1.79. The summed E-state index contributed by atoms with van der Waals surface area (Å²) in [4.78, 5) is 1.10. The number of thiophene rings is 1. The molecular weight excluding hydrogens is 320 g/mol. The minimum Gasteiger partial charge on any atom is -0.388 e. The minimum absolute atomic E-state index is 0.485. The van der Waals surface area contributed by atoms with E-state index in [-0.39, 0.29) is 0 Å². The number of hydrogen-bond donors (Lipinski definition) is 1.